The normalized spacial score (nSPS) is 12.9. The fourth-order valence-electron chi connectivity index (χ4n) is 2.96. The molecule has 28 heavy (non-hydrogen) atoms. The van der Waals surface area contributed by atoms with E-state index in [1.807, 2.05) is 0 Å². The summed E-state index contributed by atoms with van der Waals surface area (Å²) in [6.45, 7) is 39.7. The molecule has 0 aliphatic carbocycles. The van der Waals surface area contributed by atoms with E-state index >= 15 is 0 Å². The third-order valence-corrected chi connectivity index (χ3v) is 13.3. The van der Waals surface area contributed by atoms with Crippen LogP contribution in [-0.2, 0) is 0 Å². The van der Waals surface area contributed by atoms with E-state index in [-0.39, 0.29) is 53.7 Å². The Morgan fingerprint density at radius 2 is 0.786 bits per heavy atom. The van der Waals surface area contributed by atoms with Gasteiger partial charge in [0.1, 0.15) is 0 Å². The molecule has 0 aliphatic rings. The predicted octanol–water partition coefficient (Wildman–Crippen LogP) is 6.79. The Morgan fingerprint density at radius 1 is 0.571 bits per heavy atom. The van der Waals surface area contributed by atoms with E-state index in [9.17, 15) is 0 Å². The van der Waals surface area contributed by atoms with Gasteiger partial charge in [0.2, 0.25) is 0 Å². The van der Waals surface area contributed by atoms with Crippen LogP contribution in [0.4, 0.5) is 0 Å². The van der Waals surface area contributed by atoms with Crippen molar-refractivity contribution >= 4 is 49.5 Å². The van der Waals surface area contributed by atoms with Crippen molar-refractivity contribution in [3.63, 3.8) is 0 Å². The van der Waals surface area contributed by atoms with Gasteiger partial charge in [-0.25, -0.2) is 0 Å². The fraction of sp³-hybridized carbons (Fsp3) is 0.957. The molecule has 0 saturated heterocycles. The van der Waals surface area contributed by atoms with Crippen LogP contribution < -0.4 is 12.4 Å². The number of hydrogen-bond donors (Lipinski definition) is 0. The Balaban J connectivity index is -0.000000112. The minimum atomic E-state index is -0.390. The maximum Gasteiger partial charge on any atom is 2.00 e. The van der Waals surface area contributed by atoms with Crippen molar-refractivity contribution in [2.75, 3.05) is 6.16 Å². The molecule has 0 atom stereocenters. The van der Waals surface area contributed by atoms with Crippen molar-refractivity contribution in [2.24, 2.45) is 5.41 Å². The SMILES string of the molecule is CC(C)(C)CP(C(C)(C)C)C(C)(C)C.CC(C)(C)P(Cl)C(C)(C)C.[CH2-]C.[Cl-].[Mg+2]. The Kier molecular flexibility index (Phi) is 21.9. The van der Waals surface area contributed by atoms with Gasteiger partial charge >= 0.3 is 23.1 Å². The Labute approximate surface area is 210 Å². The molecule has 0 aliphatic heterocycles. The summed E-state index contributed by atoms with van der Waals surface area (Å²) in [7, 11) is -0.321. The topological polar surface area (TPSA) is 0 Å². The average molecular weight is 486 g/mol. The predicted molar refractivity (Wildman–Crippen MR) is 140 cm³/mol. The first kappa shape index (κ1) is 40.6. The maximum atomic E-state index is 6.30. The molecule has 170 valence electrons. The molecule has 0 aromatic heterocycles. The molecule has 0 rings (SSSR count). The zero-order valence-electron chi connectivity index (χ0n) is 22.3. The standard InChI is InChI=1S/C13H29P.C8H18ClP.C2H5.ClH.Mg/c1-11(2,3)10-14(12(4,5)6)13(7,8)9;1-7(2,3)10(9)8(4,5)6;1-2;;/h10H2,1-9H3;1-6H3;1H2,2H3;1H;/q;;-1;;+2/p-1. The van der Waals surface area contributed by atoms with Gasteiger partial charge in [-0.2, -0.15) is 6.92 Å². The van der Waals surface area contributed by atoms with Crippen LogP contribution in [0.5, 0.6) is 0 Å². The third kappa shape index (κ3) is 21.4. The number of hydrogen-bond acceptors (Lipinski definition) is 0. The summed E-state index contributed by atoms with van der Waals surface area (Å²) in [5, 5.41) is 1.49. The monoisotopic (exact) mass is 484 g/mol. The second kappa shape index (κ2) is 15.1. The summed E-state index contributed by atoms with van der Waals surface area (Å²) >= 11 is 6.30. The molecule has 0 saturated carbocycles. The summed E-state index contributed by atoms with van der Waals surface area (Å²) in [5.74, 6) is 0. The van der Waals surface area contributed by atoms with Crippen LogP contribution in [-0.4, -0.2) is 49.8 Å². The second-order valence-electron chi connectivity index (χ2n) is 12.1. The molecule has 0 aromatic carbocycles. The fourth-order valence-corrected chi connectivity index (χ4v) is 8.88. The van der Waals surface area contributed by atoms with Crippen molar-refractivity contribution in [2.45, 2.75) is 131 Å². The molecule has 0 heterocycles. The van der Waals surface area contributed by atoms with Gasteiger partial charge in [0, 0.05) is 7.27 Å². The molecule has 0 fully saturated rings. The largest absolute Gasteiger partial charge is 2.00 e. The Morgan fingerprint density at radius 3 is 0.821 bits per heavy atom. The van der Waals surface area contributed by atoms with Crippen LogP contribution in [0.2, 0.25) is 0 Å². The summed E-state index contributed by atoms with van der Waals surface area (Å²) < 4.78 is 0. The van der Waals surface area contributed by atoms with E-state index < -0.39 is 7.27 Å². The minimum Gasteiger partial charge on any atom is -1.00 e. The minimum absolute atomic E-state index is 0. The second-order valence-corrected chi connectivity index (χ2v) is 20.2. The molecule has 0 spiro atoms. The molecule has 0 aromatic rings. The summed E-state index contributed by atoms with van der Waals surface area (Å²) in [6.07, 6.45) is 1.37. The van der Waals surface area contributed by atoms with E-state index in [4.69, 9.17) is 11.2 Å². The van der Waals surface area contributed by atoms with Gasteiger partial charge in [0.05, 0.1) is 0 Å². The van der Waals surface area contributed by atoms with Crippen LogP contribution in [0.3, 0.4) is 0 Å². The maximum absolute atomic E-state index is 6.30. The smallest absolute Gasteiger partial charge is 1.00 e. The Hall–Kier alpha value is 2.21. The van der Waals surface area contributed by atoms with Crippen LogP contribution in [0.1, 0.15) is 111 Å². The first-order chi connectivity index (χ1) is 11.0. The van der Waals surface area contributed by atoms with Gasteiger partial charge in [-0.3, -0.25) is 0 Å². The van der Waals surface area contributed by atoms with Gasteiger partial charge in [0.15, 0.2) is 0 Å². The summed E-state index contributed by atoms with van der Waals surface area (Å²) in [6, 6.07) is 0. The first-order valence-corrected chi connectivity index (χ1v) is 13.7. The molecule has 0 nitrogen and oxygen atoms in total. The van der Waals surface area contributed by atoms with Gasteiger partial charge in [-0.05, 0) is 32.2 Å². The van der Waals surface area contributed by atoms with Crippen molar-refractivity contribution in [1.82, 2.24) is 0 Å². The summed E-state index contributed by atoms with van der Waals surface area (Å²) in [4.78, 5) is 0. The van der Waals surface area contributed by atoms with Gasteiger partial charge < -0.3 is 19.3 Å². The van der Waals surface area contributed by atoms with Gasteiger partial charge in [0.25, 0.3) is 0 Å². The van der Waals surface area contributed by atoms with Gasteiger partial charge in [-0.15, -0.1) is 0 Å². The average Bonchev–Trinajstić information content (AvgIpc) is 2.32. The number of rotatable bonds is 1. The van der Waals surface area contributed by atoms with Crippen molar-refractivity contribution in [3.8, 4) is 0 Å². The molecule has 0 unspecified atom stereocenters. The molecule has 5 heteroatoms. The van der Waals surface area contributed by atoms with Crippen LogP contribution in [0.15, 0.2) is 0 Å². The van der Waals surface area contributed by atoms with Crippen molar-refractivity contribution < 1.29 is 12.4 Å². The quantitative estimate of drug-likeness (QED) is 0.218. The third-order valence-electron chi connectivity index (χ3n) is 3.43. The van der Waals surface area contributed by atoms with E-state index in [1.54, 1.807) is 6.92 Å². The van der Waals surface area contributed by atoms with Gasteiger partial charge in [-0.1, -0.05) is 123 Å². The van der Waals surface area contributed by atoms with E-state index in [2.05, 4.69) is 111 Å². The first-order valence-electron chi connectivity index (χ1n) is 9.94. The molecular formula is C23H52Cl2MgP2. The zero-order chi connectivity index (χ0) is 22.4. The van der Waals surface area contributed by atoms with Crippen molar-refractivity contribution in [3.05, 3.63) is 6.92 Å². The molecule has 0 N–H and O–H groups in total. The van der Waals surface area contributed by atoms with Crippen LogP contribution in [0.25, 0.3) is 0 Å². The van der Waals surface area contributed by atoms with E-state index in [0.29, 0.717) is 15.7 Å². The van der Waals surface area contributed by atoms with Crippen LogP contribution in [0, 0.1) is 12.3 Å². The molecule has 0 amide bonds. The molecule has 0 bridgehead atoms. The van der Waals surface area contributed by atoms with Crippen molar-refractivity contribution in [1.29, 1.82) is 0 Å². The molecular weight excluding hydrogens is 433 g/mol. The van der Waals surface area contributed by atoms with E-state index in [0.717, 1.165) is 0 Å². The summed E-state index contributed by atoms with van der Waals surface area (Å²) in [5.41, 5.74) is 0.465. The Bertz CT molecular complexity index is 337. The number of halogens is 2. The van der Waals surface area contributed by atoms with Crippen LogP contribution >= 0.6 is 26.4 Å². The zero-order valence-corrected chi connectivity index (χ0v) is 27.0. The molecule has 0 radical (unpaired) electrons. The van der Waals surface area contributed by atoms with E-state index in [1.165, 1.54) is 6.16 Å².